The van der Waals surface area contributed by atoms with Crippen molar-refractivity contribution in [3.05, 3.63) is 55.7 Å². The average molecular weight is 305 g/mol. The second-order valence-electron chi connectivity index (χ2n) is 5.41. The number of ketones is 1. The van der Waals surface area contributed by atoms with Crippen LogP contribution in [0.2, 0.25) is 5.02 Å². The smallest absolute Gasteiger partial charge is 0.203 e. The van der Waals surface area contributed by atoms with Crippen molar-refractivity contribution >= 4 is 28.7 Å². The van der Waals surface area contributed by atoms with E-state index in [-0.39, 0.29) is 5.78 Å². The zero-order valence-electron chi connectivity index (χ0n) is 11.5. The van der Waals surface area contributed by atoms with Gasteiger partial charge in [0.05, 0.1) is 4.88 Å². The molecule has 20 heavy (non-hydrogen) atoms. The van der Waals surface area contributed by atoms with Crippen LogP contribution in [0.15, 0.2) is 24.3 Å². The van der Waals surface area contributed by atoms with Crippen LogP contribution in [0.5, 0.6) is 0 Å². The molecule has 2 aromatic rings. The van der Waals surface area contributed by atoms with Crippen molar-refractivity contribution in [3.8, 4) is 0 Å². The summed E-state index contributed by atoms with van der Waals surface area (Å²) in [5.74, 6) is 0.102. The van der Waals surface area contributed by atoms with Crippen molar-refractivity contribution in [3.63, 3.8) is 0 Å². The molecule has 3 heteroatoms. The standard InChI is InChI=1S/C17H17ClOS/c1-11-7-8-13(9-14(11)18)17(19)16-10-12-5-3-2-4-6-15(12)20-16/h7-10H,2-6H2,1H3. The van der Waals surface area contributed by atoms with Crippen LogP contribution in [-0.4, -0.2) is 5.78 Å². The van der Waals surface area contributed by atoms with E-state index < -0.39 is 0 Å². The van der Waals surface area contributed by atoms with E-state index in [1.54, 1.807) is 17.4 Å². The zero-order chi connectivity index (χ0) is 14.1. The van der Waals surface area contributed by atoms with Crippen LogP contribution in [-0.2, 0) is 12.8 Å². The lowest BCUT2D eigenvalue weighted by molar-refractivity contribution is 0.104. The molecule has 0 N–H and O–H groups in total. The third kappa shape index (κ3) is 2.68. The SMILES string of the molecule is Cc1ccc(C(=O)c2cc3c(s2)CCCCC3)cc1Cl. The first kappa shape index (κ1) is 13.8. The maximum absolute atomic E-state index is 12.6. The lowest BCUT2D eigenvalue weighted by Gasteiger charge is -2.02. The van der Waals surface area contributed by atoms with Crippen molar-refractivity contribution in [1.29, 1.82) is 0 Å². The molecule has 1 aromatic carbocycles. The second kappa shape index (κ2) is 5.71. The van der Waals surface area contributed by atoms with Gasteiger partial charge in [-0.3, -0.25) is 4.79 Å². The normalized spacial score (nSPS) is 14.7. The van der Waals surface area contributed by atoms with Crippen molar-refractivity contribution in [1.82, 2.24) is 0 Å². The molecule has 0 atom stereocenters. The molecule has 0 radical (unpaired) electrons. The lowest BCUT2D eigenvalue weighted by atomic mass is 10.1. The van der Waals surface area contributed by atoms with Crippen LogP contribution < -0.4 is 0 Å². The fraction of sp³-hybridized carbons (Fsp3) is 0.353. The molecule has 0 spiro atoms. The van der Waals surface area contributed by atoms with Crippen LogP contribution in [0.4, 0.5) is 0 Å². The highest BCUT2D eigenvalue weighted by Crippen LogP contribution is 2.30. The van der Waals surface area contributed by atoms with E-state index in [1.807, 2.05) is 19.1 Å². The van der Waals surface area contributed by atoms with Gasteiger partial charge >= 0.3 is 0 Å². The van der Waals surface area contributed by atoms with Crippen LogP contribution in [0.25, 0.3) is 0 Å². The molecular formula is C17H17ClOS. The summed E-state index contributed by atoms with van der Waals surface area (Å²) < 4.78 is 0. The predicted molar refractivity (Wildman–Crippen MR) is 85.2 cm³/mol. The Morgan fingerprint density at radius 1 is 1.15 bits per heavy atom. The molecule has 0 saturated carbocycles. The fourth-order valence-corrected chi connectivity index (χ4v) is 4.05. The van der Waals surface area contributed by atoms with E-state index in [9.17, 15) is 4.79 Å². The van der Waals surface area contributed by atoms with Gasteiger partial charge in [-0.05, 0) is 55.9 Å². The van der Waals surface area contributed by atoms with Gasteiger partial charge in [-0.2, -0.15) is 0 Å². The van der Waals surface area contributed by atoms with E-state index in [0.717, 1.165) is 23.3 Å². The van der Waals surface area contributed by atoms with E-state index in [0.29, 0.717) is 10.6 Å². The quantitative estimate of drug-likeness (QED) is 0.550. The number of halogens is 1. The largest absolute Gasteiger partial charge is 0.288 e. The van der Waals surface area contributed by atoms with E-state index in [2.05, 4.69) is 6.07 Å². The molecule has 104 valence electrons. The molecule has 1 aromatic heterocycles. The molecule has 3 rings (SSSR count). The lowest BCUT2D eigenvalue weighted by Crippen LogP contribution is -1.98. The monoisotopic (exact) mass is 304 g/mol. The summed E-state index contributed by atoms with van der Waals surface area (Å²) in [6, 6.07) is 7.66. The molecule has 1 aliphatic carbocycles. The van der Waals surface area contributed by atoms with Gasteiger partial charge < -0.3 is 0 Å². The highest BCUT2D eigenvalue weighted by molar-refractivity contribution is 7.14. The molecule has 0 aliphatic heterocycles. The molecule has 0 fully saturated rings. The molecule has 1 nitrogen and oxygen atoms in total. The molecular weight excluding hydrogens is 288 g/mol. The van der Waals surface area contributed by atoms with Crippen LogP contribution in [0, 0.1) is 6.92 Å². The Morgan fingerprint density at radius 2 is 1.95 bits per heavy atom. The Hall–Kier alpha value is -1.12. The highest BCUT2D eigenvalue weighted by Gasteiger charge is 2.18. The van der Waals surface area contributed by atoms with Crippen LogP contribution in [0.1, 0.15) is 50.5 Å². The number of rotatable bonds is 2. The van der Waals surface area contributed by atoms with E-state index in [1.165, 1.54) is 29.7 Å². The predicted octanol–water partition coefficient (Wildman–Crippen LogP) is 5.21. The van der Waals surface area contributed by atoms with Gasteiger partial charge in [0.2, 0.25) is 5.78 Å². The fourth-order valence-electron chi connectivity index (χ4n) is 2.66. The summed E-state index contributed by atoms with van der Waals surface area (Å²) in [6.07, 6.45) is 6.04. The summed E-state index contributed by atoms with van der Waals surface area (Å²) in [7, 11) is 0. The van der Waals surface area contributed by atoms with Gasteiger partial charge in [-0.15, -0.1) is 11.3 Å². The Kier molecular flexibility index (Phi) is 3.95. The molecule has 0 bridgehead atoms. The Morgan fingerprint density at radius 3 is 2.75 bits per heavy atom. The van der Waals surface area contributed by atoms with Crippen molar-refractivity contribution in [2.45, 2.75) is 39.0 Å². The summed E-state index contributed by atoms with van der Waals surface area (Å²) >= 11 is 7.79. The molecule has 0 amide bonds. The third-order valence-corrected chi connectivity index (χ3v) is 5.55. The van der Waals surface area contributed by atoms with Gasteiger partial charge in [-0.25, -0.2) is 0 Å². The first-order valence-corrected chi connectivity index (χ1v) is 8.27. The van der Waals surface area contributed by atoms with E-state index >= 15 is 0 Å². The number of fused-ring (bicyclic) bond motifs is 1. The minimum Gasteiger partial charge on any atom is -0.288 e. The Balaban J connectivity index is 1.92. The zero-order valence-corrected chi connectivity index (χ0v) is 13.1. The molecule has 0 saturated heterocycles. The average Bonchev–Trinajstić information content (AvgIpc) is 2.72. The van der Waals surface area contributed by atoms with Crippen molar-refractivity contribution < 1.29 is 4.79 Å². The summed E-state index contributed by atoms with van der Waals surface area (Å²) in [4.78, 5) is 14.8. The number of hydrogen-bond acceptors (Lipinski definition) is 2. The van der Waals surface area contributed by atoms with Gasteiger partial charge in [-0.1, -0.05) is 30.2 Å². The highest BCUT2D eigenvalue weighted by atomic mass is 35.5. The number of carbonyl (C=O) groups is 1. The first-order valence-electron chi connectivity index (χ1n) is 7.07. The Labute approximate surface area is 128 Å². The summed E-state index contributed by atoms with van der Waals surface area (Å²) in [5.41, 5.74) is 3.08. The van der Waals surface area contributed by atoms with Gasteiger partial charge in [0.1, 0.15) is 0 Å². The number of benzene rings is 1. The van der Waals surface area contributed by atoms with E-state index in [4.69, 9.17) is 11.6 Å². The van der Waals surface area contributed by atoms with Crippen LogP contribution >= 0.6 is 22.9 Å². The maximum atomic E-state index is 12.6. The number of carbonyl (C=O) groups excluding carboxylic acids is 1. The first-order chi connectivity index (χ1) is 9.65. The third-order valence-electron chi connectivity index (χ3n) is 3.90. The van der Waals surface area contributed by atoms with Crippen molar-refractivity contribution in [2.75, 3.05) is 0 Å². The minimum absolute atomic E-state index is 0.102. The minimum atomic E-state index is 0.102. The second-order valence-corrected chi connectivity index (χ2v) is 6.96. The molecule has 1 heterocycles. The number of aryl methyl sites for hydroxylation is 3. The number of hydrogen-bond donors (Lipinski definition) is 0. The summed E-state index contributed by atoms with van der Waals surface area (Å²) in [6.45, 7) is 1.95. The van der Waals surface area contributed by atoms with Gasteiger partial charge in [0, 0.05) is 15.5 Å². The Bertz CT molecular complexity index is 634. The molecule has 1 aliphatic rings. The maximum Gasteiger partial charge on any atom is 0.203 e. The van der Waals surface area contributed by atoms with Gasteiger partial charge in [0.15, 0.2) is 0 Å². The van der Waals surface area contributed by atoms with Crippen molar-refractivity contribution in [2.24, 2.45) is 0 Å². The topological polar surface area (TPSA) is 17.1 Å². The van der Waals surface area contributed by atoms with Crippen LogP contribution in [0.3, 0.4) is 0 Å². The molecule has 0 unspecified atom stereocenters. The summed E-state index contributed by atoms with van der Waals surface area (Å²) in [5, 5.41) is 0.661. The van der Waals surface area contributed by atoms with Gasteiger partial charge in [0.25, 0.3) is 0 Å². The number of thiophene rings is 1.